The van der Waals surface area contributed by atoms with Crippen molar-refractivity contribution in [3.05, 3.63) is 59.0 Å². The molecule has 2 N–H and O–H groups in total. The van der Waals surface area contributed by atoms with E-state index in [9.17, 15) is 9.90 Å². The Kier molecular flexibility index (Phi) is 5.00. The zero-order chi connectivity index (χ0) is 17.8. The molecule has 0 aliphatic rings. The number of thiazole rings is 1. The number of nitrogens with zero attached hydrogens (tertiary/aromatic N) is 1. The second-order valence-electron chi connectivity index (χ2n) is 5.37. The smallest absolute Gasteiger partial charge is 0.338 e. The average Bonchev–Trinajstić information content (AvgIpc) is 2.96. The monoisotopic (exact) mass is 354 g/mol. The van der Waals surface area contributed by atoms with Crippen LogP contribution in [0.3, 0.4) is 0 Å². The van der Waals surface area contributed by atoms with Gasteiger partial charge < -0.3 is 15.2 Å². The van der Waals surface area contributed by atoms with Crippen LogP contribution in [0.5, 0.6) is 5.75 Å². The lowest BCUT2D eigenvalue weighted by Gasteiger charge is -2.06. The minimum Gasteiger partial charge on any atom is -0.507 e. The number of hydrogen-bond donors (Lipinski definition) is 2. The molecule has 2 aromatic carbocycles. The molecule has 5 nitrogen and oxygen atoms in total. The first-order valence-electron chi connectivity index (χ1n) is 7.88. The summed E-state index contributed by atoms with van der Waals surface area (Å²) in [6.45, 7) is 4.07. The summed E-state index contributed by atoms with van der Waals surface area (Å²) >= 11 is 1.49. The van der Waals surface area contributed by atoms with E-state index < -0.39 is 0 Å². The van der Waals surface area contributed by atoms with Gasteiger partial charge in [-0.15, -0.1) is 11.3 Å². The number of benzene rings is 2. The lowest BCUT2D eigenvalue weighted by Crippen LogP contribution is -2.04. The highest BCUT2D eigenvalue weighted by Crippen LogP contribution is 2.36. The molecule has 0 radical (unpaired) electrons. The zero-order valence-electron chi connectivity index (χ0n) is 13.9. The topological polar surface area (TPSA) is 71.5 Å². The van der Waals surface area contributed by atoms with Crippen molar-refractivity contribution in [2.75, 3.05) is 11.9 Å². The third kappa shape index (κ3) is 3.80. The molecule has 0 atom stereocenters. The van der Waals surface area contributed by atoms with E-state index in [1.165, 1.54) is 11.3 Å². The molecule has 0 bridgehead atoms. The van der Waals surface area contributed by atoms with Gasteiger partial charge >= 0.3 is 5.97 Å². The van der Waals surface area contributed by atoms with Crippen LogP contribution in [0.15, 0.2) is 48.5 Å². The van der Waals surface area contributed by atoms with Gasteiger partial charge in [-0.1, -0.05) is 18.2 Å². The molecule has 0 aliphatic carbocycles. The number of ether oxygens (including phenoxy) is 1. The Hall–Kier alpha value is -2.86. The van der Waals surface area contributed by atoms with Crippen molar-refractivity contribution in [1.82, 2.24) is 4.98 Å². The number of anilines is 2. The summed E-state index contributed by atoms with van der Waals surface area (Å²) in [5.74, 6) is -0.150. The molecule has 0 aliphatic heterocycles. The molecule has 1 aromatic heterocycles. The van der Waals surface area contributed by atoms with Crippen LogP contribution in [0.2, 0.25) is 0 Å². The van der Waals surface area contributed by atoms with Gasteiger partial charge in [-0.3, -0.25) is 0 Å². The number of phenols is 1. The molecule has 128 valence electrons. The van der Waals surface area contributed by atoms with Gasteiger partial charge in [0.15, 0.2) is 5.13 Å². The summed E-state index contributed by atoms with van der Waals surface area (Å²) in [5, 5.41) is 13.9. The van der Waals surface area contributed by atoms with Crippen molar-refractivity contribution in [3.8, 4) is 17.0 Å². The highest BCUT2D eigenvalue weighted by Gasteiger charge is 2.13. The minimum absolute atomic E-state index is 0.201. The number of aryl methyl sites for hydroxylation is 1. The van der Waals surface area contributed by atoms with Crippen LogP contribution in [0.25, 0.3) is 11.3 Å². The molecule has 0 spiro atoms. The summed E-state index contributed by atoms with van der Waals surface area (Å²) in [4.78, 5) is 17.4. The molecule has 0 fully saturated rings. The van der Waals surface area contributed by atoms with E-state index in [0.717, 1.165) is 16.3 Å². The Morgan fingerprint density at radius 2 is 2.04 bits per heavy atom. The van der Waals surface area contributed by atoms with Crippen molar-refractivity contribution >= 4 is 28.1 Å². The SMILES string of the molecule is CCOC(=O)c1cccc(Nc2nc(-c3ccccc3O)c(C)s2)c1. The predicted molar refractivity (Wildman–Crippen MR) is 99.6 cm³/mol. The molecule has 0 unspecified atom stereocenters. The van der Waals surface area contributed by atoms with Crippen molar-refractivity contribution in [1.29, 1.82) is 0 Å². The maximum Gasteiger partial charge on any atom is 0.338 e. The van der Waals surface area contributed by atoms with Crippen LogP contribution >= 0.6 is 11.3 Å². The summed E-state index contributed by atoms with van der Waals surface area (Å²) in [6.07, 6.45) is 0. The first kappa shape index (κ1) is 17.0. The van der Waals surface area contributed by atoms with E-state index in [1.54, 1.807) is 37.3 Å². The minimum atomic E-state index is -0.351. The van der Waals surface area contributed by atoms with Gasteiger partial charge in [-0.2, -0.15) is 0 Å². The fourth-order valence-electron chi connectivity index (χ4n) is 2.44. The number of rotatable bonds is 5. The zero-order valence-corrected chi connectivity index (χ0v) is 14.8. The lowest BCUT2D eigenvalue weighted by atomic mass is 10.1. The summed E-state index contributed by atoms with van der Waals surface area (Å²) < 4.78 is 5.02. The first-order valence-corrected chi connectivity index (χ1v) is 8.70. The Morgan fingerprint density at radius 1 is 1.24 bits per heavy atom. The highest BCUT2D eigenvalue weighted by molar-refractivity contribution is 7.16. The summed E-state index contributed by atoms with van der Waals surface area (Å²) in [5.41, 5.74) is 2.68. The number of phenolic OH excluding ortho intramolecular Hbond substituents is 1. The molecule has 0 saturated carbocycles. The first-order chi connectivity index (χ1) is 12.1. The largest absolute Gasteiger partial charge is 0.507 e. The number of para-hydroxylation sites is 1. The van der Waals surface area contributed by atoms with Gasteiger partial charge in [0.2, 0.25) is 0 Å². The Bertz CT molecular complexity index is 905. The van der Waals surface area contributed by atoms with E-state index in [0.29, 0.717) is 22.9 Å². The maximum absolute atomic E-state index is 11.8. The quantitative estimate of drug-likeness (QED) is 0.647. The van der Waals surface area contributed by atoms with Gasteiger partial charge in [0.1, 0.15) is 5.75 Å². The van der Waals surface area contributed by atoms with Crippen molar-refractivity contribution < 1.29 is 14.6 Å². The molecule has 1 heterocycles. The second-order valence-corrected chi connectivity index (χ2v) is 6.57. The molecular formula is C19H18N2O3S. The summed E-state index contributed by atoms with van der Waals surface area (Å²) in [7, 11) is 0. The number of aromatic nitrogens is 1. The number of hydrogen-bond acceptors (Lipinski definition) is 6. The van der Waals surface area contributed by atoms with Gasteiger partial charge in [0.05, 0.1) is 17.9 Å². The number of esters is 1. The fourth-order valence-corrected chi connectivity index (χ4v) is 3.28. The number of carbonyl (C=O) groups excluding carboxylic acids is 1. The molecule has 6 heteroatoms. The van der Waals surface area contributed by atoms with Crippen LogP contribution in [0.4, 0.5) is 10.8 Å². The molecule has 0 saturated heterocycles. The van der Waals surface area contributed by atoms with Gasteiger partial charge in [0, 0.05) is 16.1 Å². The van der Waals surface area contributed by atoms with E-state index >= 15 is 0 Å². The van der Waals surface area contributed by atoms with Gasteiger partial charge in [-0.05, 0) is 44.2 Å². The van der Waals surface area contributed by atoms with Crippen LogP contribution in [0, 0.1) is 6.92 Å². The number of aromatic hydroxyl groups is 1. The molecule has 0 amide bonds. The second kappa shape index (κ2) is 7.36. The van der Waals surface area contributed by atoms with E-state index in [-0.39, 0.29) is 11.7 Å². The Balaban J connectivity index is 1.85. The van der Waals surface area contributed by atoms with Gasteiger partial charge in [0.25, 0.3) is 0 Å². The third-order valence-corrected chi connectivity index (χ3v) is 4.47. The fraction of sp³-hybridized carbons (Fsp3) is 0.158. The Morgan fingerprint density at radius 3 is 2.80 bits per heavy atom. The van der Waals surface area contributed by atoms with Crippen LogP contribution in [0.1, 0.15) is 22.2 Å². The molecular weight excluding hydrogens is 336 g/mol. The molecule has 3 rings (SSSR count). The Labute approximate surface area is 149 Å². The highest BCUT2D eigenvalue weighted by atomic mass is 32.1. The van der Waals surface area contributed by atoms with Crippen molar-refractivity contribution in [3.63, 3.8) is 0 Å². The number of nitrogens with one attached hydrogen (secondary N) is 1. The average molecular weight is 354 g/mol. The standard InChI is InChI=1S/C19H18N2O3S/c1-3-24-18(23)13-7-6-8-14(11-13)20-19-21-17(12(2)25-19)15-9-4-5-10-16(15)22/h4-11,22H,3H2,1-2H3,(H,20,21). The third-order valence-electron chi connectivity index (χ3n) is 3.58. The van der Waals surface area contributed by atoms with Crippen LogP contribution in [-0.2, 0) is 4.74 Å². The lowest BCUT2D eigenvalue weighted by molar-refractivity contribution is 0.0526. The summed E-state index contributed by atoms with van der Waals surface area (Å²) in [6, 6.07) is 14.2. The normalized spacial score (nSPS) is 10.5. The van der Waals surface area contributed by atoms with Crippen LogP contribution in [-0.4, -0.2) is 22.7 Å². The number of carbonyl (C=O) groups is 1. The van der Waals surface area contributed by atoms with Gasteiger partial charge in [-0.25, -0.2) is 9.78 Å². The predicted octanol–water partition coefficient (Wildman–Crippen LogP) is 4.74. The van der Waals surface area contributed by atoms with Crippen molar-refractivity contribution in [2.45, 2.75) is 13.8 Å². The van der Waals surface area contributed by atoms with Crippen molar-refractivity contribution in [2.24, 2.45) is 0 Å². The molecule has 3 aromatic rings. The maximum atomic E-state index is 11.8. The van der Waals surface area contributed by atoms with E-state index in [1.807, 2.05) is 25.1 Å². The van der Waals surface area contributed by atoms with E-state index in [4.69, 9.17) is 4.74 Å². The molecule has 25 heavy (non-hydrogen) atoms. The van der Waals surface area contributed by atoms with E-state index in [2.05, 4.69) is 10.3 Å². The van der Waals surface area contributed by atoms with Crippen LogP contribution < -0.4 is 5.32 Å².